The van der Waals surface area contributed by atoms with Crippen LogP contribution in [0, 0.1) is 11.7 Å². The van der Waals surface area contributed by atoms with Crippen LogP contribution >= 0.6 is 0 Å². The normalized spacial score (nSPS) is 23.4. The summed E-state index contributed by atoms with van der Waals surface area (Å²) in [6.45, 7) is 0.231. The molecule has 3 aliphatic rings. The number of nitrogens with zero attached hydrogens (tertiary/aromatic N) is 3. The molecule has 2 atom stereocenters. The molecule has 0 fully saturated rings. The lowest BCUT2D eigenvalue weighted by atomic mass is 9.81. The molecular weight excluding hydrogens is 397 g/mol. The zero-order valence-electron chi connectivity index (χ0n) is 16.9. The van der Waals surface area contributed by atoms with Crippen LogP contribution in [0.3, 0.4) is 0 Å². The van der Waals surface area contributed by atoms with E-state index in [2.05, 4.69) is 12.1 Å². The number of aromatic hydroxyl groups is 1. The van der Waals surface area contributed by atoms with Gasteiger partial charge in [0.25, 0.3) is 5.91 Å². The minimum absolute atomic E-state index is 0.0489. The third-order valence-electron chi connectivity index (χ3n) is 7.08. The van der Waals surface area contributed by atoms with Crippen molar-refractivity contribution in [2.24, 2.45) is 5.92 Å². The molecule has 1 aromatic heterocycles. The van der Waals surface area contributed by atoms with Crippen molar-refractivity contribution in [2.45, 2.75) is 18.4 Å². The van der Waals surface area contributed by atoms with Crippen molar-refractivity contribution in [3.63, 3.8) is 0 Å². The molecule has 2 heterocycles. The number of amides is 1. The Labute approximate surface area is 177 Å². The molecule has 0 spiro atoms. The lowest BCUT2D eigenvalue weighted by Gasteiger charge is -2.50. The van der Waals surface area contributed by atoms with Crippen LogP contribution in [0.4, 0.5) is 4.39 Å². The van der Waals surface area contributed by atoms with Gasteiger partial charge in [0.2, 0.25) is 5.43 Å². The van der Waals surface area contributed by atoms with Crippen molar-refractivity contribution >= 4 is 5.91 Å². The minimum atomic E-state index is -0.723. The third-order valence-corrected chi connectivity index (χ3v) is 7.08. The van der Waals surface area contributed by atoms with Crippen LogP contribution in [0.5, 0.6) is 5.75 Å². The van der Waals surface area contributed by atoms with Crippen molar-refractivity contribution in [2.75, 3.05) is 18.7 Å². The number of rotatable bonds is 1. The second-order valence-electron chi connectivity index (χ2n) is 8.56. The Morgan fingerprint density at radius 2 is 1.81 bits per heavy atom. The number of halogens is 1. The smallest absolute Gasteiger partial charge is 0.277 e. The van der Waals surface area contributed by atoms with Crippen molar-refractivity contribution < 1.29 is 14.3 Å². The Bertz CT molecular complexity index is 1330. The molecule has 6 rings (SSSR count). The molecule has 1 amide bonds. The van der Waals surface area contributed by atoms with Crippen LogP contribution in [-0.2, 0) is 18.4 Å². The molecule has 1 N–H and O–H groups in total. The standard InChI is InChI=1S/C24H20FN3O3/c1-26-13-28(27-10-9-20(29)22(30)21(27)23(26)31)24-15(11-14-5-2-3-6-17(14)24)12-16-18(24)7-4-8-19(16)25/h2-10,15,30H,11-13H2,1H3. The molecule has 0 saturated carbocycles. The lowest BCUT2D eigenvalue weighted by Crippen LogP contribution is -2.62. The average molecular weight is 417 g/mol. The van der Waals surface area contributed by atoms with Gasteiger partial charge in [-0.05, 0) is 41.2 Å². The summed E-state index contributed by atoms with van der Waals surface area (Å²) in [7, 11) is 1.64. The molecule has 2 aromatic carbocycles. The van der Waals surface area contributed by atoms with Gasteiger partial charge in [-0.25, -0.2) is 4.39 Å². The lowest BCUT2D eigenvalue weighted by molar-refractivity contribution is 0.0697. The predicted molar refractivity (Wildman–Crippen MR) is 112 cm³/mol. The Morgan fingerprint density at radius 3 is 2.65 bits per heavy atom. The number of hydrogen-bond donors (Lipinski definition) is 1. The van der Waals surface area contributed by atoms with Gasteiger partial charge in [0.05, 0.1) is 0 Å². The van der Waals surface area contributed by atoms with Crippen molar-refractivity contribution in [3.8, 4) is 5.75 Å². The summed E-state index contributed by atoms with van der Waals surface area (Å²) >= 11 is 0. The summed E-state index contributed by atoms with van der Waals surface area (Å²) in [4.78, 5) is 26.5. The maximum atomic E-state index is 14.9. The van der Waals surface area contributed by atoms with Crippen LogP contribution in [0.2, 0.25) is 0 Å². The summed E-state index contributed by atoms with van der Waals surface area (Å²) in [6, 6.07) is 14.6. The summed E-state index contributed by atoms with van der Waals surface area (Å²) in [5.41, 5.74) is 2.42. The van der Waals surface area contributed by atoms with Gasteiger partial charge in [-0.15, -0.1) is 0 Å². The number of carbonyl (C=O) groups is 1. The maximum absolute atomic E-state index is 14.9. The Balaban J connectivity index is 1.71. The van der Waals surface area contributed by atoms with Crippen LogP contribution in [0.25, 0.3) is 0 Å². The molecule has 3 aromatic rings. The molecule has 1 aliphatic heterocycles. The summed E-state index contributed by atoms with van der Waals surface area (Å²) in [5.74, 6) is -1.18. The molecule has 31 heavy (non-hydrogen) atoms. The average Bonchev–Trinajstić information content (AvgIpc) is 3.25. The third kappa shape index (κ3) is 2.10. The fraction of sp³-hybridized carbons (Fsp3) is 0.250. The van der Waals surface area contributed by atoms with Crippen LogP contribution in [0.15, 0.2) is 59.5 Å². The molecule has 0 radical (unpaired) electrons. The molecule has 7 heteroatoms. The van der Waals surface area contributed by atoms with E-state index < -0.39 is 22.6 Å². The van der Waals surface area contributed by atoms with Crippen molar-refractivity contribution in [3.05, 3.63) is 98.7 Å². The first-order chi connectivity index (χ1) is 14.9. The maximum Gasteiger partial charge on any atom is 0.277 e. The molecular formula is C24H20FN3O3. The summed E-state index contributed by atoms with van der Waals surface area (Å²) in [5, 5.41) is 12.5. The van der Waals surface area contributed by atoms with Gasteiger partial charge < -0.3 is 10.0 Å². The largest absolute Gasteiger partial charge is 0.502 e. The SMILES string of the molecule is CN1CN(C23c4ccccc4CC2Cc2c(F)cccc23)n2ccc(=O)c(O)c2C1=O. The summed E-state index contributed by atoms with van der Waals surface area (Å²) in [6.07, 6.45) is 2.89. The summed E-state index contributed by atoms with van der Waals surface area (Å²) < 4.78 is 16.5. The van der Waals surface area contributed by atoms with Crippen LogP contribution in [-0.4, -0.2) is 34.3 Å². The highest BCUT2D eigenvalue weighted by Crippen LogP contribution is 2.56. The molecule has 6 nitrogen and oxygen atoms in total. The number of fused-ring (bicyclic) bond motifs is 6. The highest BCUT2D eigenvalue weighted by Gasteiger charge is 2.59. The Morgan fingerprint density at radius 1 is 1.03 bits per heavy atom. The molecule has 2 aliphatic carbocycles. The van der Waals surface area contributed by atoms with Gasteiger partial charge >= 0.3 is 0 Å². The van der Waals surface area contributed by atoms with E-state index in [1.165, 1.54) is 28.8 Å². The van der Waals surface area contributed by atoms with E-state index in [0.717, 1.165) is 17.5 Å². The second kappa shape index (κ2) is 5.97. The minimum Gasteiger partial charge on any atom is -0.502 e. The van der Waals surface area contributed by atoms with Gasteiger partial charge in [0, 0.05) is 25.2 Å². The zero-order chi connectivity index (χ0) is 21.5. The monoisotopic (exact) mass is 417 g/mol. The van der Waals surface area contributed by atoms with Crippen molar-refractivity contribution in [1.82, 2.24) is 9.58 Å². The van der Waals surface area contributed by atoms with E-state index in [1.807, 2.05) is 23.2 Å². The molecule has 156 valence electrons. The number of aromatic nitrogens is 1. The topological polar surface area (TPSA) is 65.8 Å². The van der Waals surface area contributed by atoms with Gasteiger partial charge in [-0.1, -0.05) is 36.4 Å². The second-order valence-corrected chi connectivity index (χ2v) is 8.56. The highest BCUT2D eigenvalue weighted by molar-refractivity contribution is 5.96. The zero-order valence-corrected chi connectivity index (χ0v) is 16.9. The van der Waals surface area contributed by atoms with Gasteiger partial charge in [-0.2, -0.15) is 0 Å². The Hall–Kier alpha value is -3.61. The van der Waals surface area contributed by atoms with E-state index in [0.29, 0.717) is 12.0 Å². The van der Waals surface area contributed by atoms with E-state index in [-0.39, 0.29) is 24.1 Å². The van der Waals surface area contributed by atoms with Gasteiger partial charge in [0.1, 0.15) is 18.0 Å². The van der Waals surface area contributed by atoms with E-state index in [9.17, 15) is 19.1 Å². The first-order valence-electron chi connectivity index (χ1n) is 10.3. The molecule has 2 unspecified atom stereocenters. The molecule has 0 saturated heterocycles. The Kier molecular flexibility index (Phi) is 3.50. The van der Waals surface area contributed by atoms with Crippen molar-refractivity contribution in [1.29, 1.82) is 0 Å². The number of hydrogen-bond acceptors (Lipinski definition) is 4. The van der Waals surface area contributed by atoms with E-state index >= 15 is 0 Å². The first-order valence-corrected chi connectivity index (χ1v) is 10.3. The van der Waals surface area contributed by atoms with E-state index in [1.54, 1.807) is 17.8 Å². The van der Waals surface area contributed by atoms with Crippen LogP contribution in [0.1, 0.15) is 32.7 Å². The number of carbonyl (C=O) groups excluding carboxylic acids is 1. The fourth-order valence-corrected chi connectivity index (χ4v) is 5.86. The van der Waals surface area contributed by atoms with Gasteiger partial charge in [0.15, 0.2) is 11.4 Å². The fourth-order valence-electron chi connectivity index (χ4n) is 5.86. The first kappa shape index (κ1) is 18.2. The van der Waals surface area contributed by atoms with Crippen LogP contribution < -0.4 is 10.4 Å². The predicted octanol–water partition coefficient (Wildman–Crippen LogP) is 2.35. The highest BCUT2D eigenvalue weighted by atomic mass is 19.1. The molecule has 0 bridgehead atoms. The quantitative estimate of drug-likeness (QED) is 0.660. The number of pyridine rings is 1. The van der Waals surface area contributed by atoms with E-state index in [4.69, 9.17) is 0 Å². The number of benzene rings is 2. The van der Waals surface area contributed by atoms with Gasteiger partial charge in [-0.3, -0.25) is 19.3 Å².